The molecule has 0 amide bonds. The maximum atomic E-state index is 5.99. The highest BCUT2D eigenvalue weighted by atomic mass is 35.5. The molecule has 0 aliphatic carbocycles. The van der Waals surface area contributed by atoms with Gasteiger partial charge in [-0.05, 0) is 32.2 Å². The van der Waals surface area contributed by atoms with Gasteiger partial charge in [0, 0.05) is 29.1 Å². The monoisotopic (exact) mass is 333 g/mol. The summed E-state index contributed by atoms with van der Waals surface area (Å²) in [5.74, 6) is 0.593. The van der Waals surface area contributed by atoms with Crippen molar-refractivity contribution in [2.45, 2.75) is 20.0 Å². The van der Waals surface area contributed by atoms with Gasteiger partial charge in [0.1, 0.15) is 6.26 Å². The molecule has 22 heavy (non-hydrogen) atoms. The molecule has 114 valence electrons. The molecule has 0 spiro atoms. The molecule has 0 fully saturated rings. The minimum atomic E-state index is 0.593. The van der Waals surface area contributed by atoms with Gasteiger partial charge in [0.05, 0.1) is 16.4 Å². The van der Waals surface area contributed by atoms with Crippen LogP contribution in [0.3, 0.4) is 0 Å². The van der Waals surface area contributed by atoms with Crippen LogP contribution in [0.15, 0.2) is 40.3 Å². The molecule has 0 aliphatic rings. The third-order valence-corrected chi connectivity index (χ3v) is 4.21. The third-order valence-electron chi connectivity index (χ3n) is 3.15. The number of halogens is 1. The van der Waals surface area contributed by atoms with Crippen LogP contribution < -0.4 is 0 Å². The van der Waals surface area contributed by atoms with Gasteiger partial charge < -0.3 is 4.42 Å². The zero-order chi connectivity index (χ0) is 15.5. The molecule has 1 aromatic carbocycles. The Morgan fingerprint density at radius 1 is 1.23 bits per heavy atom. The minimum Gasteiger partial charge on any atom is -0.444 e. The Bertz CT molecular complexity index is 768. The first-order valence-corrected chi connectivity index (χ1v) is 8.16. The van der Waals surface area contributed by atoms with Gasteiger partial charge in [-0.3, -0.25) is 4.90 Å². The number of hydrogen-bond donors (Lipinski definition) is 0. The number of oxazole rings is 1. The van der Waals surface area contributed by atoms with Gasteiger partial charge in [-0.15, -0.1) is 11.3 Å². The van der Waals surface area contributed by atoms with E-state index in [1.165, 1.54) is 0 Å². The summed E-state index contributed by atoms with van der Waals surface area (Å²) < 4.78 is 5.55. The highest BCUT2D eigenvalue weighted by Gasteiger charge is 2.10. The number of aryl methyl sites for hydroxylation is 1. The largest absolute Gasteiger partial charge is 0.444 e. The van der Waals surface area contributed by atoms with Crippen molar-refractivity contribution in [2.75, 3.05) is 7.05 Å². The van der Waals surface area contributed by atoms with Crippen molar-refractivity contribution < 1.29 is 4.42 Å². The van der Waals surface area contributed by atoms with Crippen LogP contribution in [0.2, 0.25) is 5.02 Å². The van der Waals surface area contributed by atoms with Crippen LogP contribution in [0.25, 0.3) is 11.5 Å². The van der Waals surface area contributed by atoms with Gasteiger partial charge >= 0.3 is 0 Å². The molecular weight excluding hydrogens is 318 g/mol. The van der Waals surface area contributed by atoms with Gasteiger partial charge in [0.15, 0.2) is 0 Å². The second-order valence-electron chi connectivity index (χ2n) is 5.18. The molecule has 0 saturated heterocycles. The van der Waals surface area contributed by atoms with E-state index in [9.17, 15) is 0 Å². The highest BCUT2D eigenvalue weighted by Crippen LogP contribution is 2.22. The van der Waals surface area contributed by atoms with Crippen molar-refractivity contribution in [3.63, 3.8) is 0 Å². The number of nitrogens with zero attached hydrogens (tertiary/aromatic N) is 3. The average molecular weight is 334 g/mol. The van der Waals surface area contributed by atoms with E-state index in [0.717, 1.165) is 28.5 Å². The van der Waals surface area contributed by atoms with Crippen molar-refractivity contribution in [2.24, 2.45) is 0 Å². The standard InChI is InChI=1S/C16H16ClN3OS/c1-11-18-15(10-22-11)8-20(2)7-14-9-21-16(19-14)12-4-3-5-13(17)6-12/h3-6,9-10H,7-8H2,1-2H3. The molecule has 0 bridgehead atoms. The predicted molar refractivity (Wildman–Crippen MR) is 89.0 cm³/mol. The van der Waals surface area contributed by atoms with E-state index in [1.807, 2.05) is 38.2 Å². The molecule has 3 rings (SSSR count). The first kappa shape index (κ1) is 15.2. The van der Waals surface area contributed by atoms with Crippen LogP contribution in [0.1, 0.15) is 16.4 Å². The van der Waals surface area contributed by atoms with Crippen molar-refractivity contribution in [1.82, 2.24) is 14.9 Å². The van der Waals surface area contributed by atoms with Crippen LogP contribution in [0.5, 0.6) is 0 Å². The molecule has 2 heterocycles. The fraction of sp³-hybridized carbons (Fsp3) is 0.250. The third kappa shape index (κ3) is 3.74. The predicted octanol–water partition coefficient (Wildman–Crippen LogP) is 4.39. The molecule has 0 atom stereocenters. The van der Waals surface area contributed by atoms with Crippen LogP contribution >= 0.6 is 22.9 Å². The van der Waals surface area contributed by atoms with Crippen molar-refractivity contribution in [1.29, 1.82) is 0 Å². The second kappa shape index (κ2) is 6.60. The van der Waals surface area contributed by atoms with Gasteiger partial charge in [-0.25, -0.2) is 9.97 Å². The van der Waals surface area contributed by atoms with Crippen LogP contribution in [-0.4, -0.2) is 21.9 Å². The van der Waals surface area contributed by atoms with Crippen LogP contribution in [-0.2, 0) is 13.1 Å². The molecule has 0 aliphatic heterocycles. The summed E-state index contributed by atoms with van der Waals surface area (Å²) >= 11 is 7.67. The minimum absolute atomic E-state index is 0.593. The van der Waals surface area contributed by atoms with Gasteiger partial charge in [0.2, 0.25) is 5.89 Å². The summed E-state index contributed by atoms with van der Waals surface area (Å²) in [5, 5.41) is 3.85. The van der Waals surface area contributed by atoms with E-state index >= 15 is 0 Å². The lowest BCUT2D eigenvalue weighted by molar-refractivity contribution is 0.311. The van der Waals surface area contributed by atoms with Crippen LogP contribution in [0, 0.1) is 6.92 Å². The summed E-state index contributed by atoms with van der Waals surface area (Å²) in [6.45, 7) is 3.52. The number of hydrogen-bond acceptors (Lipinski definition) is 5. The van der Waals surface area contributed by atoms with E-state index < -0.39 is 0 Å². The Hall–Kier alpha value is -1.69. The number of aromatic nitrogens is 2. The van der Waals surface area contributed by atoms with Gasteiger partial charge in [-0.2, -0.15) is 0 Å². The summed E-state index contributed by atoms with van der Waals surface area (Å²) in [4.78, 5) is 11.2. The number of benzene rings is 1. The van der Waals surface area contributed by atoms with Crippen LogP contribution in [0.4, 0.5) is 0 Å². The summed E-state index contributed by atoms with van der Waals surface area (Å²) in [5.41, 5.74) is 2.87. The van der Waals surface area contributed by atoms with E-state index in [2.05, 4.69) is 20.2 Å². The first-order valence-electron chi connectivity index (χ1n) is 6.90. The van der Waals surface area contributed by atoms with E-state index in [-0.39, 0.29) is 0 Å². The Balaban J connectivity index is 1.66. The van der Waals surface area contributed by atoms with Gasteiger partial charge in [-0.1, -0.05) is 17.7 Å². The maximum Gasteiger partial charge on any atom is 0.226 e. The molecule has 6 heteroatoms. The average Bonchev–Trinajstić information content (AvgIpc) is 3.08. The van der Waals surface area contributed by atoms with E-state index in [1.54, 1.807) is 17.6 Å². The molecule has 0 unspecified atom stereocenters. The Morgan fingerprint density at radius 3 is 2.77 bits per heavy atom. The maximum absolute atomic E-state index is 5.99. The van der Waals surface area contributed by atoms with Crippen molar-refractivity contribution in [3.8, 4) is 11.5 Å². The highest BCUT2D eigenvalue weighted by molar-refractivity contribution is 7.09. The lowest BCUT2D eigenvalue weighted by Gasteiger charge is -2.12. The number of thiazole rings is 1. The summed E-state index contributed by atoms with van der Waals surface area (Å²) in [7, 11) is 2.04. The quantitative estimate of drug-likeness (QED) is 0.694. The smallest absolute Gasteiger partial charge is 0.226 e. The first-order chi connectivity index (χ1) is 10.6. The Morgan fingerprint density at radius 2 is 2.05 bits per heavy atom. The van der Waals surface area contributed by atoms with Gasteiger partial charge in [0.25, 0.3) is 0 Å². The molecule has 0 N–H and O–H groups in total. The SMILES string of the molecule is Cc1nc(CN(C)Cc2coc(-c3cccc(Cl)c3)n2)cs1. The van der Waals surface area contributed by atoms with E-state index in [4.69, 9.17) is 16.0 Å². The topological polar surface area (TPSA) is 42.2 Å². The summed E-state index contributed by atoms with van der Waals surface area (Å²) in [6.07, 6.45) is 1.69. The lowest BCUT2D eigenvalue weighted by Crippen LogP contribution is -2.17. The van der Waals surface area contributed by atoms with Crippen molar-refractivity contribution in [3.05, 3.63) is 57.3 Å². The Labute approximate surface area is 138 Å². The second-order valence-corrected chi connectivity index (χ2v) is 6.68. The fourth-order valence-corrected chi connectivity index (χ4v) is 3.02. The molecular formula is C16H16ClN3OS. The number of rotatable bonds is 5. The fourth-order valence-electron chi connectivity index (χ4n) is 2.22. The molecule has 3 aromatic rings. The molecule has 2 aromatic heterocycles. The zero-order valence-corrected chi connectivity index (χ0v) is 14.0. The molecule has 0 saturated carbocycles. The van der Waals surface area contributed by atoms with Crippen molar-refractivity contribution >= 4 is 22.9 Å². The van der Waals surface area contributed by atoms with E-state index in [0.29, 0.717) is 17.5 Å². The molecule has 0 radical (unpaired) electrons. The summed E-state index contributed by atoms with van der Waals surface area (Å²) in [6, 6.07) is 7.50. The molecule has 4 nitrogen and oxygen atoms in total. The Kier molecular flexibility index (Phi) is 4.57. The zero-order valence-electron chi connectivity index (χ0n) is 12.4. The normalized spacial score (nSPS) is 11.3. The lowest BCUT2D eigenvalue weighted by atomic mass is 10.2.